The number of halogens is 1. The summed E-state index contributed by atoms with van der Waals surface area (Å²) in [4.78, 5) is 55.4. The summed E-state index contributed by atoms with van der Waals surface area (Å²) < 4.78 is 34.9. The number of carbonyl (C=O) groups excluding carboxylic acids is 4. The first-order chi connectivity index (χ1) is 24.4. The minimum atomic E-state index is -1.99. The largest absolute Gasteiger partial charge is 0.495 e. The van der Waals surface area contributed by atoms with Gasteiger partial charge in [0, 0.05) is 39.5 Å². The highest BCUT2D eigenvalue weighted by atomic mass is 35.5. The summed E-state index contributed by atoms with van der Waals surface area (Å²) in [6.07, 6.45) is -1.04. The van der Waals surface area contributed by atoms with Gasteiger partial charge in [-0.05, 0) is 51.0 Å². The van der Waals surface area contributed by atoms with E-state index in [4.69, 9.17) is 40.0 Å². The third-order valence-electron chi connectivity index (χ3n) is 10.5. The molecule has 10 atom stereocenters. The second kappa shape index (κ2) is 15.0. The predicted molar refractivity (Wildman–Crippen MR) is 187 cm³/mol. The van der Waals surface area contributed by atoms with E-state index in [1.807, 2.05) is 6.92 Å². The Hall–Kier alpha value is -3.73. The Bertz CT molecular complexity index is 1650. The van der Waals surface area contributed by atoms with E-state index >= 15 is 0 Å². The maximum atomic E-state index is 14.5. The van der Waals surface area contributed by atoms with Crippen molar-refractivity contribution in [2.45, 2.75) is 107 Å². The van der Waals surface area contributed by atoms with E-state index in [0.29, 0.717) is 11.1 Å². The van der Waals surface area contributed by atoms with Gasteiger partial charge in [0.15, 0.2) is 5.72 Å². The van der Waals surface area contributed by atoms with Crippen LogP contribution in [0.25, 0.3) is 0 Å². The Labute approximate surface area is 307 Å². The lowest BCUT2D eigenvalue weighted by Crippen LogP contribution is -2.63. The number of hydrogen-bond donors (Lipinski definition) is 4. The van der Waals surface area contributed by atoms with Crippen LogP contribution in [0.3, 0.4) is 0 Å². The monoisotopic (exact) mass is 749 g/mol. The first-order valence-electron chi connectivity index (χ1n) is 17.1. The second-order valence-electron chi connectivity index (χ2n) is 14.3. The van der Waals surface area contributed by atoms with Gasteiger partial charge in [-0.1, -0.05) is 36.8 Å². The van der Waals surface area contributed by atoms with Gasteiger partial charge in [-0.25, -0.2) is 9.59 Å². The quantitative estimate of drug-likeness (QED) is 0.261. The molecule has 0 unspecified atom stereocenters. The van der Waals surface area contributed by atoms with Crippen LogP contribution in [0, 0.1) is 5.92 Å². The molecule has 16 heteroatoms. The number of nitrogens with one attached hydrogen (secondary N) is 2. The molecule has 0 spiro atoms. The molecule has 4 heterocycles. The molecule has 4 N–H and O–H groups in total. The number of fused-ring (bicyclic) bond motifs is 10. The Balaban J connectivity index is 1.70. The highest BCUT2D eigenvalue weighted by molar-refractivity contribution is 6.35. The van der Waals surface area contributed by atoms with Crippen LogP contribution < -0.4 is 20.3 Å². The number of ether oxygens (including phenoxy) is 6. The number of hydrogen-bond acceptors (Lipinski definition) is 12. The van der Waals surface area contributed by atoms with Crippen molar-refractivity contribution in [3.8, 4) is 5.75 Å². The number of methoxy groups -OCH3 is 3. The molecule has 0 saturated carbocycles. The smallest absolute Gasteiger partial charge is 0.409 e. The molecule has 1 aromatic rings. The van der Waals surface area contributed by atoms with Gasteiger partial charge in [-0.3, -0.25) is 14.9 Å². The third kappa shape index (κ3) is 7.66. The first kappa shape index (κ1) is 39.5. The van der Waals surface area contributed by atoms with Gasteiger partial charge in [0.25, 0.3) is 5.91 Å². The highest BCUT2D eigenvalue weighted by Gasteiger charge is 2.64. The molecule has 286 valence electrons. The molecule has 4 aliphatic rings. The van der Waals surface area contributed by atoms with Crippen LogP contribution in [0.2, 0.25) is 5.02 Å². The Kier molecular flexibility index (Phi) is 11.4. The summed E-state index contributed by atoms with van der Waals surface area (Å²) in [5.41, 5.74) is -3.68. The van der Waals surface area contributed by atoms with Crippen molar-refractivity contribution < 1.29 is 57.8 Å². The molecule has 3 fully saturated rings. The fraction of sp³-hybridized carbons (Fsp3) is 0.611. The number of aliphatic hydroxyl groups is 2. The van der Waals surface area contributed by atoms with Crippen molar-refractivity contribution in [3.05, 3.63) is 46.5 Å². The number of rotatable bonds is 3. The molecule has 52 heavy (non-hydrogen) atoms. The van der Waals surface area contributed by atoms with E-state index in [9.17, 15) is 29.4 Å². The fourth-order valence-electron chi connectivity index (χ4n) is 7.17. The fourth-order valence-corrected chi connectivity index (χ4v) is 7.45. The van der Waals surface area contributed by atoms with Crippen molar-refractivity contribution in [2.24, 2.45) is 5.92 Å². The summed E-state index contributed by atoms with van der Waals surface area (Å²) in [7, 11) is 4.33. The zero-order valence-corrected chi connectivity index (χ0v) is 31.3. The lowest BCUT2D eigenvalue weighted by Gasteiger charge is -2.42. The van der Waals surface area contributed by atoms with Gasteiger partial charge in [0.2, 0.25) is 5.91 Å². The first-order valence-corrected chi connectivity index (χ1v) is 17.5. The third-order valence-corrected chi connectivity index (χ3v) is 10.9. The molecule has 3 amide bonds. The molecular weight excluding hydrogens is 702 g/mol. The zero-order valence-electron chi connectivity index (χ0n) is 30.6. The van der Waals surface area contributed by atoms with Crippen LogP contribution in [0.4, 0.5) is 10.5 Å². The van der Waals surface area contributed by atoms with Crippen LogP contribution in [0.5, 0.6) is 5.75 Å². The number of nitrogens with zero attached hydrogens (tertiary/aromatic N) is 1. The highest BCUT2D eigenvalue weighted by Crippen LogP contribution is 2.49. The van der Waals surface area contributed by atoms with E-state index < -0.39 is 89.7 Å². The van der Waals surface area contributed by atoms with Crippen molar-refractivity contribution in [3.63, 3.8) is 0 Å². The Morgan fingerprint density at radius 3 is 2.40 bits per heavy atom. The molecule has 5 rings (SSSR count). The summed E-state index contributed by atoms with van der Waals surface area (Å²) in [5, 5.41) is 28.0. The van der Waals surface area contributed by atoms with Gasteiger partial charge in [0.05, 0.1) is 25.3 Å². The average molecular weight is 750 g/mol. The number of carbonyl (C=O) groups is 4. The molecule has 3 saturated heterocycles. The van der Waals surface area contributed by atoms with Gasteiger partial charge in [0.1, 0.15) is 52.4 Å². The molecule has 15 nitrogen and oxygen atoms in total. The average Bonchev–Trinajstić information content (AvgIpc) is 3.78. The van der Waals surface area contributed by atoms with E-state index in [1.54, 1.807) is 44.2 Å². The number of alkyl carbamates (subject to hydrolysis) is 1. The van der Waals surface area contributed by atoms with E-state index in [-0.39, 0.29) is 35.8 Å². The summed E-state index contributed by atoms with van der Waals surface area (Å²) in [5.74, 6) is -2.60. The summed E-state index contributed by atoms with van der Waals surface area (Å²) in [6.45, 7) is 7.79. The zero-order chi connectivity index (χ0) is 38.3. The van der Waals surface area contributed by atoms with Crippen molar-refractivity contribution in [1.29, 1.82) is 0 Å². The number of epoxide rings is 1. The van der Waals surface area contributed by atoms with Gasteiger partial charge >= 0.3 is 12.1 Å². The summed E-state index contributed by atoms with van der Waals surface area (Å²) >= 11 is 6.89. The number of amides is 3. The van der Waals surface area contributed by atoms with E-state index in [2.05, 4.69) is 10.6 Å². The van der Waals surface area contributed by atoms with Crippen LogP contribution >= 0.6 is 11.6 Å². The second-order valence-corrected chi connectivity index (χ2v) is 14.7. The van der Waals surface area contributed by atoms with Gasteiger partial charge < -0.3 is 48.9 Å². The molecule has 1 aromatic carbocycles. The van der Waals surface area contributed by atoms with Crippen molar-refractivity contribution in [2.75, 3.05) is 32.8 Å². The normalized spacial score (nSPS) is 37.3. The number of benzene rings is 1. The van der Waals surface area contributed by atoms with E-state index in [1.165, 1.54) is 40.1 Å². The molecule has 0 radical (unpaired) electrons. The van der Waals surface area contributed by atoms with Crippen molar-refractivity contribution >= 4 is 41.2 Å². The molecule has 0 aromatic heterocycles. The maximum absolute atomic E-state index is 14.5. The topological polar surface area (TPSA) is 195 Å². The number of allylic oxidation sites excluding steroid dienone is 2. The standard InChI is InChI=1S/C36H48ClN3O12/c1-18-10-9-11-25(48-7)36(46)17-24(50-33(44)39-36)19(2)30-35(5,52-30)26-16-27(41)40(13-12-34(4,45)32(43)38-20(3)31(42)51-26)22-14-21(29(18)49-8)15-23(47-6)28(22)37/h9-11,14-15,19-20,24-26,29-30,45-46H,12-13,16-17H2,1-8H3,(H,38,43)(H,39,44)/t19-,20+,24-,25-,26-,29+,30-,34+,35-,36-/m1/s1. The van der Waals surface area contributed by atoms with Gasteiger partial charge in [-0.15, -0.1) is 0 Å². The van der Waals surface area contributed by atoms with Crippen LogP contribution in [0.1, 0.15) is 65.5 Å². The van der Waals surface area contributed by atoms with Gasteiger partial charge in [-0.2, -0.15) is 0 Å². The molecule has 4 aliphatic heterocycles. The molecule has 0 aliphatic carbocycles. The molecule has 6 bridgehead atoms. The number of anilines is 1. The Morgan fingerprint density at radius 2 is 1.75 bits per heavy atom. The SMILES string of the molecule is COc1cc2cc(c1Cl)N1CC[C@](C)(O)C(=O)N[C@@H](C)C(=O)O[C@H](CC1=O)[C@@]1(C)O[C@@H]1[C@H](C)[C@H]1C[C@](O)(NC(=O)O1)[C@H](OC)C=CC=C(C)[C@@H]2OC. The Morgan fingerprint density at radius 1 is 1.04 bits per heavy atom. The maximum Gasteiger partial charge on any atom is 0.409 e. The minimum absolute atomic E-state index is 0.0818. The van der Waals surface area contributed by atoms with Crippen LogP contribution in [0.15, 0.2) is 35.9 Å². The lowest BCUT2D eigenvalue weighted by atomic mass is 9.83. The minimum Gasteiger partial charge on any atom is -0.495 e. The van der Waals surface area contributed by atoms with Crippen LogP contribution in [-0.4, -0.2) is 109 Å². The molecular formula is C36H48ClN3O12. The number of esters is 1. The predicted octanol–water partition coefficient (Wildman–Crippen LogP) is 2.84. The summed E-state index contributed by atoms with van der Waals surface area (Å²) in [6, 6.07) is 2.15. The van der Waals surface area contributed by atoms with Crippen molar-refractivity contribution in [1.82, 2.24) is 10.6 Å². The van der Waals surface area contributed by atoms with E-state index in [0.717, 1.165) is 0 Å². The lowest BCUT2D eigenvalue weighted by molar-refractivity contribution is -0.159. The van der Waals surface area contributed by atoms with Crippen LogP contribution in [-0.2, 0) is 38.1 Å².